The Bertz CT molecular complexity index is 1580. The third-order valence-corrected chi connectivity index (χ3v) is 7.08. The van der Waals surface area contributed by atoms with Crippen molar-refractivity contribution in [2.24, 2.45) is 0 Å². The van der Waals surface area contributed by atoms with Gasteiger partial charge in [0.05, 0.1) is 22.1 Å². The van der Waals surface area contributed by atoms with Crippen LogP contribution in [0, 0.1) is 17.0 Å². The van der Waals surface area contributed by atoms with Gasteiger partial charge in [0.2, 0.25) is 0 Å². The fourth-order valence-corrected chi connectivity index (χ4v) is 5.12. The molecule has 0 N–H and O–H groups in total. The highest BCUT2D eigenvalue weighted by Crippen LogP contribution is 2.33. The average molecular weight is 509 g/mol. The lowest BCUT2D eigenvalue weighted by Crippen LogP contribution is -2.37. The van der Waals surface area contributed by atoms with Gasteiger partial charge in [0.25, 0.3) is 21.6 Å². The predicted molar refractivity (Wildman–Crippen MR) is 130 cm³/mol. The number of aryl methyl sites for hydroxylation is 1. The topological polar surface area (TPSA) is 137 Å². The van der Waals surface area contributed by atoms with Crippen molar-refractivity contribution >= 4 is 44.2 Å². The Morgan fingerprint density at radius 2 is 1.69 bits per heavy atom. The van der Waals surface area contributed by atoms with Crippen LogP contribution in [-0.4, -0.2) is 31.8 Å². The lowest BCUT2D eigenvalue weighted by Gasteiger charge is -2.23. The second kappa shape index (κ2) is 9.62. The molecule has 0 saturated carbocycles. The highest BCUT2D eigenvalue weighted by atomic mass is 32.2. The van der Waals surface area contributed by atoms with E-state index in [0.29, 0.717) is 9.89 Å². The number of hydrogen-bond acceptors (Lipinski definition) is 8. The minimum atomic E-state index is -4.43. The quantitative estimate of drug-likeness (QED) is 0.196. The first-order valence-corrected chi connectivity index (χ1v) is 12.2. The van der Waals surface area contributed by atoms with E-state index in [1.165, 1.54) is 54.6 Å². The number of carbonyl (C=O) groups is 2. The molecule has 0 aliphatic carbocycles. The number of furan rings is 1. The molecule has 1 aromatic heterocycles. The van der Waals surface area contributed by atoms with Crippen molar-refractivity contribution in [3.63, 3.8) is 0 Å². The number of fused-ring (bicyclic) bond motifs is 1. The summed E-state index contributed by atoms with van der Waals surface area (Å²) in [5, 5.41) is 11.3. The first-order chi connectivity index (χ1) is 17.1. The number of anilines is 1. The van der Waals surface area contributed by atoms with Gasteiger partial charge in [-0.3, -0.25) is 14.9 Å². The Balaban J connectivity index is 1.91. The molecule has 11 heteroatoms. The number of nitro benzene ring substituents is 1. The zero-order valence-electron chi connectivity index (χ0n) is 19.2. The van der Waals surface area contributed by atoms with Crippen molar-refractivity contribution in [3.8, 4) is 0 Å². The number of nitro groups is 1. The SMILES string of the molecule is CCOC(=O)c1c(C)oc2ccc(N(C(=O)c3ccc([N+](=O)[O-])cc3)S(=O)(=O)c3ccccc3)cc12. The van der Waals surface area contributed by atoms with Gasteiger partial charge < -0.3 is 9.15 Å². The normalized spacial score (nSPS) is 11.3. The molecule has 0 spiro atoms. The van der Waals surface area contributed by atoms with Gasteiger partial charge in [-0.1, -0.05) is 18.2 Å². The van der Waals surface area contributed by atoms with Crippen LogP contribution in [0.15, 0.2) is 82.1 Å². The molecule has 36 heavy (non-hydrogen) atoms. The Labute approximate surface area is 205 Å². The number of rotatable bonds is 7. The summed E-state index contributed by atoms with van der Waals surface area (Å²) in [6.07, 6.45) is 0. The summed E-state index contributed by atoms with van der Waals surface area (Å²) in [6.45, 7) is 3.35. The minimum absolute atomic E-state index is 0.0546. The molecule has 0 saturated heterocycles. The van der Waals surface area contributed by atoms with Gasteiger partial charge in [0.15, 0.2) is 0 Å². The van der Waals surface area contributed by atoms with E-state index in [1.54, 1.807) is 19.9 Å². The average Bonchev–Trinajstić information content (AvgIpc) is 3.19. The Hall–Kier alpha value is -4.51. The zero-order chi connectivity index (χ0) is 26.0. The maximum Gasteiger partial charge on any atom is 0.342 e. The summed E-state index contributed by atoms with van der Waals surface area (Å²) >= 11 is 0. The summed E-state index contributed by atoms with van der Waals surface area (Å²) in [5.41, 5.74) is 0.0290. The number of hydrogen-bond donors (Lipinski definition) is 0. The highest BCUT2D eigenvalue weighted by Gasteiger charge is 2.33. The molecule has 0 aliphatic rings. The van der Waals surface area contributed by atoms with E-state index in [4.69, 9.17) is 9.15 Å². The molecule has 0 radical (unpaired) electrons. The molecular weight excluding hydrogens is 488 g/mol. The van der Waals surface area contributed by atoms with Gasteiger partial charge in [-0.2, -0.15) is 4.31 Å². The highest BCUT2D eigenvalue weighted by molar-refractivity contribution is 7.93. The number of non-ortho nitro benzene ring substituents is 1. The van der Waals surface area contributed by atoms with Crippen LogP contribution in [0.1, 0.15) is 33.4 Å². The summed E-state index contributed by atoms with van der Waals surface area (Å²) < 4.78 is 38.7. The van der Waals surface area contributed by atoms with Crippen molar-refractivity contribution in [1.29, 1.82) is 0 Å². The van der Waals surface area contributed by atoms with Crippen LogP contribution >= 0.6 is 0 Å². The molecule has 0 aliphatic heterocycles. The van der Waals surface area contributed by atoms with E-state index in [9.17, 15) is 28.1 Å². The number of esters is 1. The van der Waals surface area contributed by atoms with Crippen LogP contribution in [0.5, 0.6) is 0 Å². The van der Waals surface area contributed by atoms with Crippen molar-refractivity contribution in [2.75, 3.05) is 10.9 Å². The first kappa shape index (κ1) is 24.6. The van der Waals surface area contributed by atoms with E-state index < -0.39 is 26.8 Å². The first-order valence-electron chi connectivity index (χ1n) is 10.7. The maximum absolute atomic E-state index is 13.7. The van der Waals surface area contributed by atoms with Crippen molar-refractivity contribution < 1.29 is 32.1 Å². The van der Waals surface area contributed by atoms with Crippen molar-refractivity contribution in [2.45, 2.75) is 18.7 Å². The number of benzene rings is 3. The van der Waals surface area contributed by atoms with Crippen LogP contribution < -0.4 is 4.31 Å². The summed E-state index contributed by atoms with van der Waals surface area (Å²) in [5.74, 6) is -1.31. The molecule has 0 bridgehead atoms. The zero-order valence-corrected chi connectivity index (χ0v) is 20.0. The van der Waals surface area contributed by atoms with Crippen molar-refractivity contribution in [3.05, 3.63) is 99.8 Å². The number of nitrogens with zero attached hydrogens (tertiary/aromatic N) is 2. The molecule has 184 valence electrons. The second-order valence-electron chi connectivity index (χ2n) is 7.63. The minimum Gasteiger partial charge on any atom is -0.462 e. The number of carbonyl (C=O) groups excluding carboxylic acids is 2. The van der Waals surface area contributed by atoms with E-state index in [0.717, 1.165) is 12.1 Å². The van der Waals surface area contributed by atoms with E-state index in [-0.39, 0.29) is 45.2 Å². The van der Waals surface area contributed by atoms with Gasteiger partial charge >= 0.3 is 5.97 Å². The third-order valence-electron chi connectivity index (χ3n) is 5.35. The second-order valence-corrected chi connectivity index (χ2v) is 9.41. The standard InChI is InChI=1S/C25H20N2O8S/c1-3-34-25(29)23-16(2)35-22-14-13-19(15-21(22)23)26(36(32,33)20-7-5-4-6-8-20)24(28)17-9-11-18(12-10-17)27(30)31/h4-15H,3H2,1-2H3. The summed E-state index contributed by atoms with van der Waals surface area (Å²) in [7, 11) is -4.43. The van der Waals surface area contributed by atoms with Gasteiger partial charge in [0.1, 0.15) is 16.9 Å². The van der Waals surface area contributed by atoms with Gasteiger partial charge in [-0.25, -0.2) is 13.2 Å². The van der Waals surface area contributed by atoms with Crippen molar-refractivity contribution in [1.82, 2.24) is 0 Å². The molecule has 4 aromatic rings. The molecule has 4 rings (SSSR count). The monoisotopic (exact) mass is 508 g/mol. The van der Waals surface area contributed by atoms with Crippen LogP contribution in [-0.2, 0) is 14.8 Å². The van der Waals surface area contributed by atoms with Crippen LogP contribution in [0.25, 0.3) is 11.0 Å². The maximum atomic E-state index is 13.7. The molecule has 3 aromatic carbocycles. The van der Waals surface area contributed by atoms with E-state index in [2.05, 4.69) is 0 Å². The largest absolute Gasteiger partial charge is 0.462 e. The molecule has 1 amide bonds. The molecule has 1 heterocycles. The fraction of sp³-hybridized carbons (Fsp3) is 0.120. The van der Waals surface area contributed by atoms with E-state index in [1.807, 2.05) is 0 Å². The molecular formula is C25H20N2O8S. The number of sulfonamides is 1. The molecule has 0 fully saturated rings. The fourth-order valence-electron chi connectivity index (χ4n) is 3.70. The van der Waals surface area contributed by atoms with Crippen LogP contribution in [0.3, 0.4) is 0 Å². The van der Waals surface area contributed by atoms with Crippen LogP contribution in [0.2, 0.25) is 0 Å². The third kappa shape index (κ3) is 4.43. The lowest BCUT2D eigenvalue weighted by atomic mass is 10.1. The predicted octanol–water partition coefficient (Wildman–Crippen LogP) is 4.86. The Morgan fingerprint density at radius 3 is 2.31 bits per heavy atom. The van der Waals surface area contributed by atoms with Gasteiger partial charge in [-0.15, -0.1) is 0 Å². The number of ether oxygens (including phenoxy) is 1. The Morgan fingerprint density at radius 1 is 1.03 bits per heavy atom. The molecule has 10 nitrogen and oxygen atoms in total. The molecule has 0 unspecified atom stereocenters. The van der Waals surface area contributed by atoms with E-state index >= 15 is 0 Å². The smallest absolute Gasteiger partial charge is 0.342 e. The van der Waals surface area contributed by atoms with Gasteiger partial charge in [-0.05, 0) is 56.3 Å². The van der Waals surface area contributed by atoms with Crippen LogP contribution in [0.4, 0.5) is 11.4 Å². The molecule has 0 atom stereocenters. The Kier molecular flexibility index (Phi) is 6.58. The number of amides is 1. The summed E-state index contributed by atoms with van der Waals surface area (Å²) in [4.78, 5) is 36.4. The summed E-state index contributed by atoms with van der Waals surface area (Å²) in [6, 6.07) is 16.1. The lowest BCUT2D eigenvalue weighted by molar-refractivity contribution is -0.384. The van der Waals surface area contributed by atoms with Gasteiger partial charge in [0, 0.05) is 23.1 Å².